The highest BCUT2D eigenvalue weighted by atomic mass is 35.5. The van der Waals surface area contributed by atoms with Crippen LogP contribution in [0.3, 0.4) is 0 Å². The summed E-state index contributed by atoms with van der Waals surface area (Å²) in [5.74, 6) is 0.312. The van der Waals surface area contributed by atoms with E-state index in [1.54, 1.807) is 36.4 Å². The van der Waals surface area contributed by atoms with E-state index in [0.29, 0.717) is 32.8 Å². The number of carbonyl (C=O) groups is 1. The van der Waals surface area contributed by atoms with E-state index < -0.39 is 22.5 Å². The first-order valence-corrected chi connectivity index (χ1v) is 12.4. The predicted molar refractivity (Wildman–Crippen MR) is 134 cm³/mol. The lowest BCUT2D eigenvalue weighted by Crippen LogP contribution is -2.37. The zero-order valence-electron chi connectivity index (χ0n) is 18.2. The van der Waals surface area contributed by atoms with Crippen molar-refractivity contribution < 1.29 is 22.7 Å². The summed E-state index contributed by atoms with van der Waals surface area (Å²) >= 11 is 18.0. The molecule has 0 aromatic heterocycles. The van der Waals surface area contributed by atoms with Gasteiger partial charge in [0, 0.05) is 17.6 Å². The summed E-state index contributed by atoms with van der Waals surface area (Å²) in [5.41, 5.74) is 0.893. The number of methoxy groups -OCH3 is 2. The van der Waals surface area contributed by atoms with Crippen LogP contribution in [0.4, 0.5) is 5.69 Å². The van der Waals surface area contributed by atoms with Gasteiger partial charge >= 0.3 is 0 Å². The van der Waals surface area contributed by atoms with Crippen LogP contribution in [-0.2, 0) is 21.4 Å². The highest BCUT2D eigenvalue weighted by Crippen LogP contribution is 2.29. The van der Waals surface area contributed by atoms with Gasteiger partial charge in [0.05, 0.1) is 41.4 Å². The summed E-state index contributed by atoms with van der Waals surface area (Å²) in [6, 6.07) is 15.3. The Morgan fingerprint density at radius 2 is 1.62 bits per heavy atom. The maximum absolute atomic E-state index is 13.4. The Morgan fingerprint density at radius 1 is 0.912 bits per heavy atom. The van der Waals surface area contributed by atoms with E-state index in [4.69, 9.17) is 44.3 Å². The van der Waals surface area contributed by atoms with Gasteiger partial charge in [-0.15, -0.1) is 0 Å². The number of amides is 1. The fourth-order valence-corrected chi connectivity index (χ4v) is 4.92. The van der Waals surface area contributed by atoms with E-state index in [-0.39, 0.29) is 16.5 Å². The third kappa shape index (κ3) is 6.34. The molecule has 0 aliphatic carbocycles. The lowest BCUT2D eigenvalue weighted by atomic mass is 10.2. The number of nitrogens with one attached hydrogen (secondary N) is 1. The van der Waals surface area contributed by atoms with Gasteiger partial charge in [-0.25, -0.2) is 8.42 Å². The maximum Gasteiger partial charge on any atom is 0.243 e. The molecule has 0 radical (unpaired) electrons. The molecule has 11 heteroatoms. The van der Waals surface area contributed by atoms with Gasteiger partial charge in [0.15, 0.2) is 0 Å². The smallest absolute Gasteiger partial charge is 0.243 e. The number of anilines is 1. The second-order valence-electron chi connectivity index (χ2n) is 7.09. The first-order chi connectivity index (χ1) is 16.1. The number of rotatable bonds is 9. The van der Waals surface area contributed by atoms with Crippen molar-refractivity contribution in [3.8, 4) is 11.5 Å². The number of hydrogen-bond donors (Lipinski definition) is 1. The van der Waals surface area contributed by atoms with E-state index in [1.165, 1.54) is 38.5 Å². The van der Waals surface area contributed by atoms with Crippen molar-refractivity contribution >= 4 is 56.4 Å². The summed E-state index contributed by atoms with van der Waals surface area (Å²) in [6.45, 7) is -0.601. The quantitative estimate of drug-likeness (QED) is 0.386. The van der Waals surface area contributed by atoms with Crippen LogP contribution in [0.2, 0.25) is 15.1 Å². The van der Waals surface area contributed by atoms with Crippen LogP contribution in [-0.4, -0.2) is 39.4 Å². The van der Waals surface area contributed by atoms with Crippen LogP contribution < -0.4 is 14.8 Å². The topological polar surface area (TPSA) is 84.9 Å². The van der Waals surface area contributed by atoms with Gasteiger partial charge in [-0.2, -0.15) is 4.31 Å². The normalized spacial score (nSPS) is 11.4. The fraction of sp³-hybridized carbons (Fsp3) is 0.174. The molecule has 0 aliphatic rings. The maximum atomic E-state index is 13.4. The van der Waals surface area contributed by atoms with E-state index in [9.17, 15) is 13.2 Å². The van der Waals surface area contributed by atoms with Crippen molar-refractivity contribution in [2.75, 3.05) is 26.1 Å². The Balaban J connectivity index is 1.92. The van der Waals surface area contributed by atoms with Gasteiger partial charge in [-0.3, -0.25) is 4.79 Å². The minimum Gasteiger partial charge on any atom is -0.497 e. The highest BCUT2D eigenvalue weighted by molar-refractivity contribution is 7.89. The zero-order chi connectivity index (χ0) is 24.9. The Kier molecular flexibility index (Phi) is 8.67. The standard InChI is InChI=1S/C23H21Cl3N2O5S/c1-32-17-6-10-22(33-2)21(12-17)27-23(29)14-28(13-15-3-9-19(25)20(26)11-15)34(30,31)18-7-4-16(24)5-8-18/h3-12H,13-14H2,1-2H3,(H,27,29). The minimum atomic E-state index is -4.07. The minimum absolute atomic E-state index is 0.0104. The lowest BCUT2D eigenvalue weighted by molar-refractivity contribution is -0.116. The van der Waals surface area contributed by atoms with E-state index >= 15 is 0 Å². The molecule has 3 aromatic carbocycles. The van der Waals surface area contributed by atoms with Crippen molar-refractivity contribution in [2.45, 2.75) is 11.4 Å². The number of sulfonamides is 1. The number of nitrogens with zero attached hydrogens (tertiary/aromatic N) is 1. The monoisotopic (exact) mass is 542 g/mol. The molecule has 1 N–H and O–H groups in total. The van der Waals surface area contributed by atoms with Gasteiger partial charge in [-0.1, -0.05) is 40.9 Å². The predicted octanol–water partition coefficient (Wildman–Crippen LogP) is 5.49. The molecular weight excluding hydrogens is 523 g/mol. The average Bonchev–Trinajstić information content (AvgIpc) is 2.81. The summed E-state index contributed by atoms with van der Waals surface area (Å²) in [7, 11) is -1.12. The number of hydrogen-bond acceptors (Lipinski definition) is 5. The number of halogens is 3. The largest absolute Gasteiger partial charge is 0.497 e. The zero-order valence-corrected chi connectivity index (χ0v) is 21.3. The van der Waals surface area contributed by atoms with Crippen molar-refractivity contribution in [3.63, 3.8) is 0 Å². The first kappa shape index (κ1) is 26.1. The van der Waals surface area contributed by atoms with Gasteiger partial charge in [-0.05, 0) is 54.1 Å². The summed E-state index contributed by atoms with van der Waals surface area (Å²) < 4.78 is 38.3. The third-order valence-corrected chi connectivity index (χ3v) is 7.59. The van der Waals surface area contributed by atoms with Crippen LogP contribution in [0.15, 0.2) is 65.6 Å². The van der Waals surface area contributed by atoms with Crippen LogP contribution in [0.1, 0.15) is 5.56 Å². The molecule has 0 bridgehead atoms. The average molecular weight is 544 g/mol. The van der Waals surface area contributed by atoms with Crippen molar-refractivity contribution in [3.05, 3.63) is 81.3 Å². The SMILES string of the molecule is COc1ccc(OC)c(NC(=O)CN(Cc2ccc(Cl)c(Cl)c2)S(=O)(=O)c2ccc(Cl)cc2)c1. The summed E-state index contributed by atoms with van der Waals surface area (Å²) in [5, 5.41) is 3.68. The summed E-state index contributed by atoms with van der Waals surface area (Å²) in [4.78, 5) is 12.9. The molecule has 180 valence electrons. The first-order valence-electron chi connectivity index (χ1n) is 9.85. The molecule has 1 amide bonds. The molecule has 7 nitrogen and oxygen atoms in total. The van der Waals surface area contributed by atoms with Gasteiger partial charge < -0.3 is 14.8 Å². The molecule has 3 aromatic rings. The molecule has 0 saturated carbocycles. The van der Waals surface area contributed by atoms with Crippen LogP contribution >= 0.6 is 34.8 Å². The van der Waals surface area contributed by atoms with E-state index in [0.717, 1.165) is 4.31 Å². The summed E-state index contributed by atoms with van der Waals surface area (Å²) in [6.07, 6.45) is 0. The second kappa shape index (κ2) is 11.3. The van der Waals surface area contributed by atoms with Gasteiger partial charge in [0.1, 0.15) is 11.5 Å². The fourth-order valence-electron chi connectivity index (χ4n) is 3.08. The molecule has 0 aliphatic heterocycles. The van der Waals surface area contributed by atoms with Crippen molar-refractivity contribution in [1.82, 2.24) is 4.31 Å². The molecule has 3 rings (SSSR count). The Hall–Kier alpha value is -2.49. The van der Waals surface area contributed by atoms with Gasteiger partial charge in [0.25, 0.3) is 0 Å². The Morgan fingerprint density at radius 3 is 2.24 bits per heavy atom. The number of carbonyl (C=O) groups excluding carboxylic acids is 1. The second-order valence-corrected chi connectivity index (χ2v) is 10.3. The Labute approximate surface area is 213 Å². The van der Waals surface area contributed by atoms with E-state index in [1.807, 2.05) is 0 Å². The molecule has 0 spiro atoms. The molecule has 0 saturated heterocycles. The third-order valence-electron chi connectivity index (χ3n) is 4.80. The Bertz CT molecular complexity index is 1280. The molecule has 0 atom stereocenters. The molecule has 0 heterocycles. The number of ether oxygens (including phenoxy) is 2. The van der Waals surface area contributed by atoms with E-state index in [2.05, 4.69) is 5.32 Å². The molecule has 34 heavy (non-hydrogen) atoms. The van der Waals surface area contributed by atoms with Crippen LogP contribution in [0.5, 0.6) is 11.5 Å². The highest BCUT2D eigenvalue weighted by Gasteiger charge is 2.27. The van der Waals surface area contributed by atoms with Crippen molar-refractivity contribution in [1.29, 1.82) is 0 Å². The molecule has 0 unspecified atom stereocenters. The molecular formula is C23H21Cl3N2O5S. The van der Waals surface area contributed by atoms with Gasteiger partial charge in [0.2, 0.25) is 15.9 Å². The van der Waals surface area contributed by atoms with Crippen LogP contribution in [0.25, 0.3) is 0 Å². The molecule has 0 fully saturated rings. The lowest BCUT2D eigenvalue weighted by Gasteiger charge is -2.22. The number of benzene rings is 3. The van der Waals surface area contributed by atoms with Crippen LogP contribution in [0, 0.1) is 0 Å². The van der Waals surface area contributed by atoms with Crippen molar-refractivity contribution in [2.24, 2.45) is 0 Å².